The summed E-state index contributed by atoms with van der Waals surface area (Å²) in [6, 6.07) is 8.59. The van der Waals surface area contributed by atoms with Crippen LogP contribution in [0, 0.1) is 6.92 Å². The molecule has 0 aliphatic rings. The van der Waals surface area contributed by atoms with E-state index in [2.05, 4.69) is 41.2 Å². The van der Waals surface area contributed by atoms with Crippen molar-refractivity contribution in [2.24, 2.45) is 0 Å². The molecule has 0 N–H and O–H groups in total. The Hall–Kier alpha value is -2.14. The normalized spacial score (nSPS) is 11.1. The summed E-state index contributed by atoms with van der Waals surface area (Å²) >= 11 is 1.92. The molecule has 0 atom stereocenters. The Kier molecular flexibility index (Phi) is 6.23. The molecule has 0 radical (unpaired) electrons. The maximum absolute atomic E-state index is 10.6. The smallest absolute Gasteiger partial charge is 0.169 e. The Bertz CT molecular complexity index is 844. The number of imidazole rings is 1. The number of nitrogens with zero attached hydrogens (tertiary/aromatic N) is 3. The molecule has 0 fully saturated rings. The van der Waals surface area contributed by atoms with Gasteiger partial charge in [0.25, 0.3) is 0 Å². The largest absolute Gasteiger partial charge is 0.337 e. The van der Waals surface area contributed by atoms with Crippen LogP contribution in [0.5, 0.6) is 0 Å². The maximum atomic E-state index is 10.6. The number of hydrogen-bond donors (Lipinski definition) is 0. The molecule has 0 unspecified atom stereocenters. The minimum absolute atomic E-state index is 0.510. The summed E-state index contributed by atoms with van der Waals surface area (Å²) in [5.41, 5.74) is 2.84. The Balaban J connectivity index is 1.38. The lowest BCUT2D eigenvalue weighted by molar-refractivity contribution is 0.111. The average Bonchev–Trinajstić information content (AvgIpc) is 3.08. The van der Waals surface area contributed by atoms with Gasteiger partial charge in [-0.2, -0.15) is 0 Å². The summed E-state index contributed by atoms with van der Waals surface area (Å²) in [6.07, 6.45) is 11.0. The number of carbonyl (C=O) groups is 1. The summed E-state index contributed by atoms with van der Waals surface area (Å²) in [4.78, 5) is 20.4. The van der Waals surface area contributed by atoms with Crippen molar-refractivity contribution < 1.29 is 4.79 Å². The number of benzene rings is 1. The first kappa shape index (κ1) is 17.7. The van der Waals surface area contributed by atoms with Crippen molar-refractivity contribution in [2.75, 3.05) is 5.75 Å². The lowest BCUT2D eigenvalue weighted by Crippen LogP contribution is -1.94. The molecule has 5 heteroatoms. The van der Waals surface area contributed by atoms with E-state index in [1.807, 2.05) is 22.5 Å². The number of rotatable bonds is 9. The first-order valence-corrected chi connectivity index (χ1v) is 9.70. The van der Waals surface area contributed by atoms with Gasteiger partial charge in [-0.15, -0.1) is 11.8 Å². The van der Waals surface area contributed by atoms with Gasteiger partial charge in [-0.3, -0.25) is 9.78 Å². The van der Waals surface area contributed by atoms with Crippen LogP contribution in [0.1, 0.15) is 41.7 Å². The van der Waals surface area contributed by atoms with Crippen LogP contribution >= 0.6 is 11.8 Å². The third-order valence-corrected chi connectivity index (χ3v) is 5.36. The van der Waals surface area contributed by atoms with Gasteiger partial charge in [-0.1, -0.05) is 25.0 Å². The summed E-state index contributed by atoms with van der Waals surface area (Å²) < 4.78 is 1.99. The summed E-state index contributed by atoms with van der Waals surface area (Å²) in [7, 11) is 0. The van der Waals surface area contributed by atoms with Gasteiger partial charge in [0.05, 0.1) is 11.8 Å². The lowest BCUT2D eigenvalue weighted by Gasteiger charge is -2.07. The number of thioether (sulfide) groups is 1. The summed E-state index contributed by atoms with van der Waals surface area (Å²) in [5, 5.41) is 1.25. The van der Waals surface area contributed by atoms with Gasteiger partial charge >= 0.3 is 0 Å². The van der Waals surface area contributed by atoms with Crippen molar-refractivity contribution in [2.45, 2.75) is 44.0 Å². The van der Waals surface area contributed by atoms with Crippen molar-refractivity contribution in [3.05, 3.63) is 54.2 Å². The van der Waals surface area contributed by atoms with E-state index in [0.717, 1.165) is 30.5 Å². The first-order valence-electron chi connectivity index (χ1n) is 8.71. The molecule has 0 spiro atoms. The van der Waals surface area contributed by atoms with Crippen LogP contribution in [-0.2, 0) is 6.54 Å². The standard InChI is InChI=1S/C20H23N3OS/c1-16-6-7-18-19(12-16)21-9-8-20(18)25-11-5-3-2-4-10-23-13-17(14-24)22-15-23/h6-9,12-15H,2-5,10-11H2,1H3. The van der Waals surface area contributed by atoms with E-state index < -0.39 is 0 Å². The van der Waals surface area contributed by atoms with Crippen molar-refractivity contribution in [1.82, 2.24) is 14.5 Å². The number of fused-ring (bicyclic) bond motifs is 1. The Labute approximate surface area is 152 Å². The molecule has 0 bridgehead atoms. The molecule has 2 aromatic heterocycles. The van der Waals surface area contributed by atoms with Crippen LogP contribution in [0.4, 0.5) is 0 Å². The van der Waals surface area contributed by atoms with Gasteiger partial charge in [-0.05, 0) is 43.2 Å². The monoisotopic (exact) mass is 353 g/mol. The quantitative estimate of drug-likeness (QED) is 0.312. The van der Waals surface area contributed by atoms with Crippen molar-refractivity contribution in [3.8, 4) is 0 Å². The van der Waals surface area contributed by atoms with Gasteiger partial charge in [0.15, 0.2) is 6.29 Å². The topological polar surface area (TPSA) is 47.8 Å². The van der Waals surface area contributed by atoms with Crippen molar-refractivity contribution in [1.29, 1.82) is 0 Å². The van der Waals surface area contributed by atoms with Gasteiger partial charge in [0.2, 0.25) is 0 Å². The van der Waals surface area contributed by atoms with Gasteiger partial charge in [0.1, 0.15) is 5.69 Å². The minimum Gasteiger partial charge on any atom is -0.337 e. The van der Waals surface area contributed by atoms with Crippen LogP contribution < -0.4 is 0 Å². The Morgan fingerprint density at radius 1 is 1.12 bits per heavy atom. The van der Waals surface area contributed by atoms with Gasteiger partial charge in [-0.25, -0.2) is 4.98 Å². The highest BCUT2D eigenvalue weighted by Crippen LogP contribution is 2.28. The van der Waals surface area contributed by atoms with E-state index in [0.29, 0.717) is 5.69 Å². The maximum Gasteiger partial charge on any atom is 0.169 e. The molecule has 1 aromatic carbocycles. The molecule has 130 valence electrons. The number of carbonyl (C=O) groups excluding carboxylic acids is 1. The molecule has 2 heterocycles. The highest BCUT2D eigenvalue weighted by Gasteiger charge is 2.03. The fourth-order valence-corrected chi connectivity index (χ4v) is 3.90. The van der Waals surface area contributed by atoms with Crippen LogP contribution in [0.25, 0.3) is 10.9 Å². The second-order valence-corrected chi connectivity index (χ2v) is 7.38. The minimum atomic E-state index is 0.510. The number of unbranched alkanes of at least 4 members (excludes halogenated alkanes) is 3. The third kappa shape index (κ3) is 4.92. The van der Waals surface area contributed by atoms with E-state index in [4.69, 9.17) is 0 Å². The number of aromatic nitrogens is 3. The molecule has 0 saturated heterocycles. The average molecular weight is 353 g/mol. The number of hydrogen-bond acceptors (Lipinski definition) is 4. The Morgan fingerprint density at radius 3 is 2.84 bits per heavy atom. The number of aryl methyl sites for hydroxylation is 2. The summed E-state index contributed by atoms with van der Waals surface area (Å²) in [5.74, 6) is 1.13. The van der Waals surface area contributed by atoms with Crippen LogP contribution in [0.15, 0.2) is 47.9 Å². The highest BCUT2D eigenvalue weighted by molar-refractivity contribution is 7.99. The van der Waals surface area contributed by atoms with E-state index in [1.165, 1.54) is 35.1 Å². The zero-order valence-electron chi connectivity index (χ0n) is 14.5. The SMILES string of the molecule is Cc1ccc2c(SCCCCCCn3cnc(C=O)c3)ccnc2c1. The zero-order valence-corrected chi connectivity index (χ0v) is 15.3. The summed E-state index contributed by atoms with van der Waals surface area (Å²) in [6.45, 7) is 3.03. The number of aldehydes is 1. The highest BCUT2D eigenvalue weighted by atomic mass is 32.2. The number of pyridine rings is 1. The predicted molar refractivity (Wildman–Crippen MR) is 103 cm³/mol. The zero-order chi connectivity index (χ0) is 17.5. The lowest BCUT2D eigenvalue weighted by atomic mass is 10.1. The molecule has 0 saturated carbocycles. The van der Waals surface area contributed by atoms with Crippen molar-refractivity contribution >= 4 is 29.0 Å². The van der Waals surface area contributed by atoms with E-state index in [9.17, 15) is 4.79 Å². The van der Waals surface area contributed by atoms with Gasteiger partial charge < -0.3 is 4.57 Å². The molecular formula is C20H23N3OS. The first-order chi connectivity index (χ1) is 12.3. The van der Waals surface area contributed by atoms with Crippen LogP contribution in [0.2, 0.25) is 0 Å². The van der Waals surface area contributed by atoms with E-state index >= 15 is 0 Å². The second-order valence-electron chi connectivity index (χ2n) is 6.25. The molecule has 3 aromatic rings. The Morgan fingerprint density at radius 2 is 2.00 bits per heavy atom. The predicted octanol–water partition coefficient (Wildman–Crippen LogP) is 4.90. The molecular weight excluding hydrogens is 330 g/mol. The molecule has 0 amide bonds. The fraction of sp³-hybridized carbons (Fsp3) is 0.350. The molecule has 0 aliphatic carbocycles. The van der Waals surface area contributed by atoms with Gasteiger partial charge in [0, 0.05) is 29.2 Å². The van der Waals surface area contributed by atoms with E-state index in [-0.39, 0.29) is 0 Å². The third-order valence-electron chi connectivity index (χ3n) is 4.20. The molecule has 0 aliphatic heterocycles. The molecule has 4 nitrogen and oxygen atoms in total. The van der Waals surface area contributed by atoms with E-state index in [1.54, 1.807) is 12.5 Å². The van der Waals surface area contributed by atoms with Crippen LogP contribution in [0.3, 0.4) is 0 Å². The van der Waals surface area contributed by atoms with Crippen LogP contribution in [-0.4, -0.2) is 26.6 Å². The fourth-order valence-electron chi connectivity index (χ4n) is 2.85. The molecule has 25 heavy (non-hydrogen) atoms. The molecule has 3 rings (SSSR count). The second kappa shape index (κ2) is 8.81. The van der Waals surface area contributed by atoms with Crippen molar-refractivity contribution in [3.63, 3.8) is 0 Å².